The summed E-state index contributed by atoms with van der Waals surface area (Å²) in [6.07, 6.45) is -0.0416. The van der Waals surface area contributed by atoms with Gasteiger partial charge in [0.15, 0.2) is 11.6 Å². The topological polar surface area (TPSA) is 67.8 Å². The minimum absolute atomic E-state index is 0.0416. The van der Waals surface area contributed by atoms with Crippen molar-refractivity contribution < 1.29 is 9.50 Å². The predicted octanol–water partition coefficient (Wildman–Crippen LogP) is 1.47. The molecule has 1 aromatic carbocycles. The van der Waals surface area contributed by atoms with Gasteiger partial charge in [0.05, 0.1) is 24.1 Å². The Morgan fingerprint density at radius 2 is 2.08 bits per heavy atom. The van der Waals surface area contributed by atoms with Crippen LogP contribution in [-0.2, 0) is 6.42 Å². The molecule has 1 N–H and O–H groups in total. The average Bonchev–Trinajstić information content (AvgIpc) is 2.11. The highest BCUT2D eigenvalue weighted by Gasteiger charge is 2.07. The van der Waals surface area contributed by atoms with Gasteiger partial charge >= 0.3 is 0 Å². The van der Waals surface area contributed by atoms with Gasteiger partial charge in [0, 0.05) is 6.07 Å². The SMILES string of the molecule is N#CCc1cc(F)c(O)cc1C#N. The normalized spacial score (nSPS) is 8.85. The van der Waals surface area contributed by atoms with E-state index in [0.29, 0.717) is 5.56 Å². The zero-order chi connectivity index (χ0) is 9.84. The molecule has 0 atom stereocenters. The van der Waals surface area contributed by atoms with Crippen molar-refractivity contribution >= 4 is 0 Å². The molecule has 0 aliphatic carbocycles. The summed E-state index contributed by atoms with van der Waals surface area (Å²) in [5.41, 5.74) is 0.417. The number of phenolic OH excluding ortho intramolecular Hbond substituents is 1. The third kappa shape index (κ3) is 1.74. The summed E-state index contributed by atoms with van der Waals surface area (Å²) in [5, 5.41) is 25.8. The highest BCUT2D eigenvalue weighted by Crippen LogP contribution is 2.20. The standard InChI is InChI=1S/C9H5FN2O/c10-8-3-6(1-2-11)7(5-12)4-9(8)13/h3-4,13H,1H2. The fourth-order valence-corrected chi connectivity index (χ4v) is 0.939. The second-order valence-electron chi connectivity index (χ2n) is 2.41. The van der Waals surface area contributed by atoms with Crippen molar-refractivity contribution in [2.45, 2.75) is 6.42 Å². The Labute approximate surface area is 74.3 Å². The van der Waals surface area contributed by atoms with Gasteiger partial charge in [-0.25, -0.2) is 4.39 Å². The molecule has 0 bridgehead atoms. The summed E-state index contributed by atoms with van der Waals surface area (Å²) in [6, 6.07) is 5.59. The van der Waals surface area contributed by atoms with Gasteiger partial charge in [-0.05, 0) is 11.6 Å². The highest BCUT2D eigenvalue weighted by molar-refractivity contribution is 5.44. The number of nitriles is 2. The maximum absolute atomic E-state index is 12.8. The van der Waals surface area contributed by atoms with Crippen molar-refractivity contribution in [2.24, 2.45) is 0 Å². The molecule has 0 saturated carbocycles. The molecule has 0 spiro atoms. The van der Waals surface area contributed by atoms with E-state index in [-0.39, 0.29) is 12.0 Å². The van der Waals surface area contributed by atoms with E-state index in [0.717, 1.165) is 12.1 Å². The van der Waals surface area contributed by atoms with Gasteiger partial charge in [0.1, 0.15) is 0 Å². The van der Waals surface area contributed by atoms with Gasteiger partial charge in [-0.3, -0.25) is 0 Å². The van der Waals surface area contributed by atoms with E-state index >= 15 is 0 Å². The molecule has 13 heavy (non-hydrogen) atoms. The van der Waals surface area contributed by atoms with Gasteiger partial charge in [-0.15, -0.1) is 0 Å². The van der Waals surface area contributed by atoms with Gasteiger partial charge in [0.25, 0.3) is 0 Å². The van der Waals surface area contributed by atoms with E-state index in [1.54, 1.807) is 12.1 Å². The summed E-state index contributed by atoms with van der Waals surface area (Å²) in [5.74, 6) is -1.39. The maximum Gasteiger partial charge on any atom is 0.165 e. The Hall–Kier alpha value is -2.07. The molecule has 1 aromatic rings. The smallest absolute Gasteiger partial charge is 0.165 e. The van der Waals surface area contributed by atoms with Crippen LogP contribution >= 0.6 is 0 Å². The Balaban J connectivity index is 3.28. The number of benzene rings is 1. The van der Waals surface area contributed by atoms with Crippen LogP contribution in [0.1, 0.15) is 11.1 Å². The molecular weight excluding hydrogens is 171 g/mol. The number of phenols is 1. The molecule has 0 saturated heterocycles. The van der Waals surface area contributed by atoms with E-state index in [9.17, 15) is 4.39 Å². The first kappa shape index (κ1) is 9.02. The van der Waals surface area contributed by atoms with Gasteiger partial charge in [-0.2, -0.15) is 10.5 Å². The van der Waals surface area contributed by atoms with Crippen molar-refractivity contribution in [3.05, 3.63) is 29.1 Å². The number of hydrogen-bond acceptors (Lipinski definition) is 3. The largest absolute Gasteiger partial charge is 0.505 e. The molecule has 0 aliphatic heterocycles. The zero-order valence-electron chi connectivity index (χ0n) is 6.58. The van der Waals surface area contributed by atoms with Gasteiger partial charge < -0.3 is 5.11 Å². The van der Waals surface area contributed by atoms with Crippen LogP contribution in [0, 0.1) is 28.5 Å². The number of halogens is 1. The van der Waals surface area contributed by atoms with Crippen LogP contribution in [0.5, 0.6) is 5.75 Å². The molecule has 0 unspecified atom stereocenters. The molecule has 3 nitrogen and oxygen atoms in total. The molecule has 0 fully saturated rings. The van der Waals surface area contributed by atoms with Crippen LogP contribution in [0.3, 0.4) is 0 Å². The van der Waals surface area contributed by atoms with Gasteiger partial charge in [-0.1, -0.05) is 0 Å². The zero-order valence-corrected chi connectivity index (χ0v) is 6.58. The molecular formula is C9H5FN2O. The third-order valence-electron chi connectivity index (χ3n) is 1.56. The first-order valence-corrected chi connectivity index (χ1v) is 3.47. The highest BCUT2D eigenvalue weighted by atomic mass is 19.1. The van der Waals surface area contributed by atoms with E-state index in [1.807, 2.05) is 0 Å². The maximum atomic E-state index is 12.8. The van der Waals surface area contributed by atoms with Crippen molar-refractivity contribution in [3.8, 4) is 17.9 Å². The fraction of sp³-hybridized carbons (Fsp3) is 0.111. The number of rotatable bonds is 1. The lowest BCUT2D eigenvalue weighted by molar-refractivity contribution is 0.431. The van der Waals surface area contributed by atoms with Crippen molar-refractivity contribution in [1.29, 1.82) is 10.5 Å². The minimum Gasteiger partial charge on any atom is -0.505 e. The lowest BCUT2D eigenvalue weighted by Crippen LogP contribution is -1.90. The predicted molar refractivity (Wildman–Crippen MR) is 42.1 cm³/mol. The first-order chi connectivity index (χ1) is 6.19. The molecule has 0 aromatic heterocycles. The summed E-state index contributed by atoms with van der Waals surface area (Å²) in [4.78, 5) is 0. The molecule has 0 heterocycles. The van der Waals surface area contributed by atoms with Crippen LogP contribution in [0.25, 0.3) is 0 Å². The lowest BCUT2D eigenvalue weighted by atomic mass is 10.1. The number of aromatic hydroxyl groups is 1. The summed E-state index contributed by atoms with van der Waals surface area (Å²) in [7, 11) is 0. The average molecular weight is 176 g/mol. The Morgan fingerprint density at radius 1 is 1.38 bits per heavy atom. The van der Waals surface area contributed by atoms with Crippen molar-refractivity contribution in [3.63, 3.8) is 0 Å². The van der Waals surface area contributed by atoms with E-state index < -0.39 is 11.6 Å². The molecule has 0 radical (unpaired) electrons. The van der Waals surface area contributed by atoms with E-state index in [4.69, 9.17) is 15.6 Å². The number of hydrogen-bond donors (Lipinski definition) is 1. The fourth-order valence-electron chi connectivity index (χ4n) is 0.939. The van der Waals surface area contributed by atoms with E-state index in [1.165, 1.54) is 0 Å². The van der Waals surface area contributed by atoms with Crippen molar-refractivity contribution in [2.75, 3.05) is 0 Å². The molecule has 64 valence electrons. The van der Waals surface area contributed by atoms with E-state index in [2.05, 4.69) is 0 Å². The molecule has 4 heteroatoms. The van der Waals surface area contributed by atoms with Crippen LogP contribution in [-0.4, -0.2) is 5.11 Å². The number of nitrogens with zero attached hydrogens (tertiary/aromatic N) is 2. The van der Waals surface area contributed by atoms with Gasteiger partial charge in [0.2, 0.25) is 0 Å². The lowest BCUT2D eigenvalue weighted by Gasteiger charge is -2.00. The Kier molecular flexibility index (Phi) is 2.47. The summed E-state index contributed by atoms with van der Waals surface area (Å²) >= 11 is 0. The third-order valence-corrected chi connectivity index (χ3v) is 1.56. The first-order valence-electron chi connectivity index (χ1n) is 3.47. The summed E-state index contributed by atoms with van der Waals surface area (Å²) < 4.78 is 12.8. The second kappa shape index (κ2) is 3.55. The quantitative estimate of drug-likeness (QED) is 0.704. The van der Waals surface area contributed by atoms with Crippen molar-refractivity contribution in [1.82, 2.24) is 0 Å². The second-order valence-corrected chi connectivity index (χ2v) is 2.41. The summed E-state index contributed by atoms with van der Waals surface area (Å²) in [6.45, 7) is 0. The minimum atomic E-state index is -0.816. The molecule has 0 amide bonds. The molecule has 0 aliphatic rings. The van der Waals surface area contributed by atoms with Crippen LogP contribution < -0.4 is 0 Å². The molecule has 1 rings (SSSR count). The Morgan fingerprint density at radius 3 is 2.62 bits per heavy atom. The Bertz CT molecular complexity index is 415. The van der Waals surface area contributed by atoms with Crippen LogP contribution in [0.15, 0.2) is 12.1 Å². The van der Waals surface area contributed by atoms with Crippen LogP contribution in [0.2, 0.25) is 0 Å². The monoisotopic (exact) mass is 176 g/mol. The van der Waals surface area contributed by atoms with Crippen LogP contribution in [0.4, 0.5) is 4.39 Å².